The molecule has 0 amide bonds. The van der Waals surface area contributed by atoms with Crippen LogP contribution in [0.15, 0.2) is 24.3 Å². The Hall–Kier alpha value is -1.02. The minimum absolute atomic E-state index is 0.182. The Labute approximate surface area is 91.3 Å². The molecule has 0 spiro atoms. The van der Waals surface area contributed by atoms with Gasteiger partial charge in [0.15, 0.2) is 0 Å². The second kappa shape index (κ2) is 4.67. The molecule has 1 aromatic carbocycles. The zero-order chi connectivity index (χ0) is 10.7. The highest BCUT2D eigenvalue weighted by Gasteiger charge is 2.22. The molecule has 82 valence electrons. The normalized spacial score (nSPS) is 26.3. The summed E-state index contributed by atoms with van der Waals surface area (Å²) in [7, 11) is 0. The highest BCUT2D eigenvalue weighted by molar-refractivity contribution is 5.51. The Morgan fingerprint density at radius 1 is 1.20 bits per heavy atom. The minimum atomic E-state index is -0.182. The lowest BCUT2D eigenvalue weighted by Gasteiger charge is -2.29. The van der Waals surface area contributed by atoms with Crippen LogP contribution in [0.2, 0.25) is 0 Å². The summed E-state index contributed by atoms with van der Waals surface area (Å²) in [5, 5.41) is 13.3. The first-order valence-electron chi connectivity index (χ1n) is 5.77. The largest absolute Gasteiger partial charge is 0.391 e. The zero-order valence-electron chi connectivity index (χ0n) is 9.24. The summed E-state index contributed by atoms with van der Waals surface area (Å²) in [5.74, 6) is 0. The Kier molecular flexibility index (Phi) is 3.27. The van der Waals surface area contributed by atoms with Crippen molar-refractivity contribution in [2.24, 2.45) is 0 Å². The molecule has 0 unspecified atom stereocenters. The Morgan fingerprint density at radius 2 is 1.93 bits per heavy atom. The van der Waals surface area contributed by atoms with Crippen LogP contribution < -0.4 is 5.32 Å². The number of anilines is 1. The monoisotopic (exact) mass is 205 g/mol. The lowest BCUT2D eigenvalue weighted by molar-refractivity contribution is 0.116. The second-order valence-electron chi connectivity index (χ2n) is 4.42. The maximum Gasteiger partial charge on any atom is 0.0741 e. The quantitative estimate of drug-likeness (QED) is 0.778. The van der Waals surface area contributed by atoms with E-state index >= 15 is 0 Å². The van der Waals surface area contributed by atoms with Crippen LogP contribution in [0.4, 0.5) is 5.69 Å². The van der Waals surface area contributed by atoms with Crippen molar-refractivity contribution in [3.05, 3.63) is 29.8 Å². The van der Waals surface area contributed by atoms with Crippen LogP contribution in [-0.4, -0.2) is 17.3 Å². The lowest BCUT2D eigenvalue weighted by Crippen LogP contribution is -2.36. The van der Waals surface area contributed by atoms with Crippen LogP contribution in [0, 0.1) is 6.92 Å². The lowest BCUT2D eigenvalue weighted by atomic mass is 9.92. The SMILES string of the molecule is Cc1ccccc1N[C@@H]1CCCC[C@H]1O. The van der Waals surface area contributed by atoms with E-state index in [2.05, 4.69) is 24.4 Å². The van der Waals surface area contributed by atoms with Crippen molar-refractivity contribution in [1.82, 2.24) is 0 Å². The first-order chi connectivity index (χ1) is 7.27. The van der Waals surface area contributed by atoms with Crippen LogP contribution in [0.3, 0.4) is 0 Å². The maximum absolute atomic E-state index is 9.86. The van der Waals surface area contributed by atoms with Crippen molar-refractivity contribution >= 4 is 5.69 Å². The van der Waals surface area contributed by atoms with Crippen molar-refractivity contribution in [2.45, 2.75) is 44.8 Å². The van der Waals surface area contributed by atoms with Gasteiger partial charge in [-0.3, -0.25) is 0 Å². The van der Waals surface area contributed by atoms with Crippen LogP contribution in [-0.2, 0) is 0 Å². The smallest absolute Gasteiger partial charge is 0.0741 e. The summed E-state index contributed by atoms with van der Waals surface area (Å²) in [6.45, 7) is 2.09. The van der Waals surface area contributed by atoms with Crippen LogP contribution in [0.25, 0.3) is 0 Å². The van der Waals surface area contributed by atoms with Crippen molar-refractivity contribution in [1.29, 1.82) is 0 Å². The van der Waals surface area contributed by atoms with Gasteiger partial charge in [-0.1, -0.05) is 31.0 Å². The van der Waals surface area contributed by atoms with Crippen molar-refractivity contribution in [3.8, 4) is 0 Å². The van der Waals surface area contributed by atoms with E-state index in [-0.39, 0.29) is 12.1 Å². The molecule has 1 saturated carbocycles. The van der Waals surface area contributed by atoms with Gasteiger partial charge < -0.3 is 10.4 Å². The molecule has 2 atom stereocenters. The molecule has 0 saturated heterocycles. The molecule has 0 radical (unpaired) electrons. The number of rotatable bonds is 2. The van der Waals surface area contributed by atoms with Gasteiger partial charge in [-0.25, -0.2) is 0 Å². The molecule has 2 N–H and O–H groups in total. The Morgan fingerprint density at radius 3 is 2.67 bits per heavy atom. The van der Waals surface area contributed by atoms with Gasteiger partial charge in [-0.15, -0.1) is 0 Å². The number of aryl methyl sites for hydroxylation is 1. The molecule has 2 rings (SSSR count). The molecule has 15 heavy (non-hydrogen) atoms. The number of aliphatic hydroxyl groups excluding tert-OH is 1. The molecule has 1 aliphatic rings. The Bertz CT molecular complexity index is 324. The summed E-state index contributed by atoms with van der Waals surface area (Å²) in [5.41, 5.74) is 2.40. The third-order valence-electron chi connectivity index (χ3n) is 3.22. The van der Waals surface area contributed by atoms with E-state index in [9.17, 15) is 5.11 Å². The predicted molar refractivity (Wildman–Crippen MR) is 63.1 cm³/mol. The molecule has 0 aromatic heterocycles. The van der Waals surface area contributed by atoms with E-state index in [1.807, 2.05) is 12.1 Å². The molecular formula is C13H19NO. The second-order valence-corrected chi connectivity index (χ2v) is 4.42. The maximum atomic E-state index is 9.86. The van der Waals surface area contributed by atoms with Crippen LogP contribution in [0.1, 0.15) is 31.2 Å². The van der Waals surface area contributed by atoms with Gasteiger partial charge in [0, 0.05) is 5.69 Å². The Balaban J connectivity index is 2.04. The van der Waals surface area contributed by atoms with Gasteiger partial charge in [0.1, 0.15) is 0 Å². The summed E-state index contributed by atoms with van der Waals surface area (Å²) in [6.07, 6.45) is 4.21. The molecule has 0 bridgehead atoms. The minimum Gasteiger partial charge on any atom is -0.391 e. The van der Waals surface area contributed by atoms with Gasteiger partial charge in [-0.05, 0) is 31.4 Å². The first kappa shape index (κ1) is 10.5. The van der Waals surface area contributed by atoms with Crippen molar-refractivity contribution < 1.29 is 5.11 Å². The summed E-state index contributed by atoms with van der Waals surface area (Å²) in [6, 6.07) is 8.48. The molecule has 0 aliphatic heterocycles. The standard InChI is InChI=1S/C13H19NO/c1-10-6-2-3-7-11(10)14-12-8-4-5-9-13(12)15/h2-3,6-7,12-15H,4-5,8-9H2,1H3/t12-,13-/m1/s1. The van der Waals surface area contributed by atoms with E-state index in [1.165, 1.54) is 12.0 Å². The van der Waals surface area contributed by atoms with Crippen molar-refractivity contribution in [3.63, 3.8) is 0 Å². The molecule has 1 aliphatic carbocycles. The van der Waals surface area contributed by atoms with E-state index in [0.717, 1.165) is 24.9 Å². The fourth-order valence-corrected chi connectivity index (χ4v) is 2.21. The summed E-state index contributed by atoms with van der Waals surface area (Å²) >= 11 is 0. The molecule has 0 heterocycles. The average molecular weight is 205 g/mol. The number of aliphatic hydroxyl groups is 1. The number of para-hydroxylation sites is 1. The van der Waals surface area contributed by atoms with Gasteiger partial charge >= 0.3 is 0 Å². The highest BCUT2D eigenvalue weighted by Crippen LogP contribution is 2.23. The third kappa shape index (κ3) is 2.51. The molecule has 1 fully saturated rings. The van der Waals surface area contributed by atoms with E-state index < -0.39 is 0 Å². The van der Waals surface area contributed by atoms with E-state index in [1.54, 1.807) is 0 Å². The first-order valence-corrected chi connectivity index (χ1v) is 5.77. The number of hydrogen-bond acceptors (Lipinski definition) is 2. The molecule has 1 aromatic rings. The number of hydrogen-bond donors (Lipinski definition) is 2. The fourth-order valence-electron chi connectivity index (χ4n) is 2.21. The van der Waals surface area contributed by atoms with Gasteiger partial charge in [0.2, 0.25) is 0 Å². The van der Waals surface area contributed by atoms with E-state index in [0.29, 0.717) is 0 Å². The predicted octanol–water partition coefficient (Wildman–Crippen LogP) is 2.71. The summed E-state index contributed by atoms with van der Waals surface area (Å²) < 4.78 is 0. The molecule has 2 nitrogen and oxygen atoms in total. The van der Waals surface area contributed by atoms with Gasteiger partial charge in [-0.2, -0.15) is 0 Å². The molecular weight excluding hydrogens is 186 g/mol. The van der Waals surface area contributed by atoms with Gasteiger partial charge in [0.05, 0.1) is 12.1 Å². The topological polar surface area (TPSA) is 32.3 Å². The van der Waals surface area contributed by atoms with E-state index in [4.69, 9.17) is 0 Å². The van der Waals surface area contributed by atoms with Crippen LogP contribution >= 0.6 is 0 Å². The third-order valence-corrected chi connectivity index (χ3v) is 3.22. The van der Waals surface area contributed by atoms with Gasteiger partial charge in [0.25, 0.3) is 0 Å². The zero-order valence-corrected chi connectivity index (χ0v) is 9.24. The number of nitrogens with one attached hydrogen (secondary N) is 1. The molecule has 2 heteroatoms. The highest BCUT2D eigenvalue weighted by atomic mass is 16.3. The average Bonchev–Trinajstić information content (AvgIpc) is 2.24. The van der Waals surface area contributed by atoms with Crippen LogP contribution in [0.5, 0.6) is 0 Å². The fraction of sp³-hybridized carbons (Fsp3) is 0.538. The number of benzene rings is 1. The summed E-state index contributed by atoms with van der Waals surface area (Å²) in [4.78, 5) is 0. The van der Waals surface area contributed by atoms with Crippen molar-refractivity contribution in [2.75, 3.05) is 5.32 Å².